The standard InChI is InChI=1S/C15H22F3N3/c1-20-7-5-11(6-8-20)10-21(2)12-3-4-14(19)13(9-12)15(16,17)18/h3-4,9,11H,5-8,10,19H2,1-2H3. The first-order valence-corrected chi connectivity index (χ1v) is 7.14. The molecular weight excluding hydrogens is 279 g/mol. The summed E-state index contributed by atoms with van der Waals surface area (Å²) >= 11 is 0. The lowest BCUT2D eigenvalue weighted by atomic mass is 9.96. The fourth-order valence-electron chi connectivity index (χ4n) is 2.76. The number of rotatable bonds is 3. The van der Waals surface area contributed by atoms with Crippen molar-refractivity contribution in [1.29, 1.82) is 0 Å². The van der Waals surface area contributed by atoms with Crippen LogP contribution in [0.5, 0.6) is 0 Å². The van der Waals surface area contributed by atoms with Crippen LogP contribution in [-0.4, -0.2) is 38.6 Å². The van der Waals surface area contributed by atoms with Gasteiger partial charge in [-0.05, 0) is 57.1 Å². The summed E-state index contributed by atoms with van der Waals surface area (Å²) in [5.74, 6) is 0.526. The zero-order valence-electron chi connectivity index (χ0n) is 12.5. The molecule has 0 saturated carbocycles. The molecule has 1 aliphatic rings. The molecule has 2 N–H and O–H groups in total. The van der Waals surface area contributed by atoms with Gasteiger partial charge in [-0.25, -0.2) is 0 Å². The summed E-state index contributed by atoms with van der Waals surface area (Å²) in [4.78, 5) is 4.17. The van der Waals surface area contributed by atoms with Crippen LogP contribution in [0.3, 0.4) is 0 Å². The van der Waals surface area contributed by atoms with Gasteiger partial charge in [-0.15, -0.1) is 0 Å². The number of benzene rings is 1. The second kappa shape index (κ2) is 6.13. The lowest BCUT2D eigenvalue weighted by Gasteiger charge is -2.32. The molecule has 21 heavy (non-hydrogen) atoms. The summed E-state index contributed by atoms with van der Waals surface area (Å²) in [6.07, 6.45) is -2.24. The first kappa shape index (κ1) is 15.9. The molecule has 2 rings (SSSR count). The Morgan fingerprint density at radius 3 is 2.48 bits per heavy atom. The molecule has 3 nitrogen and oxygen atoms in total. The number of alkyl halides is 3. The summed E-state index contributed by atoms with van der Waals surface area (Å²) < 4.78 is 38.7. The minimum Gasteiger partial charge on any atom is -0.398 e. The quantitative estimate of drug-likeness (QED) is 0.871. The Morgan fingerprint density at radius 2 is 1.90 bits per heavy atom. The van der Waals surface area contributed by atoms with E-state index in [-0.39, 0.29) is 5.69 Å². The molecule has 0 bridgehead atoms. The van der Waals surface area contributed by atoms with E-state index in [4.69, 9.17) is 5.73 Å². The molecule has 1 aliphatic heterocycles. The van der Waals surface area contributed by atoms with Gasteiger partial charge in [0.2, 0.25) is 0 Å². The normalized spacial score (nSPS) is 18.0. The third-order valence-corrected chi connectivity index (χ3v) is 4.15. The molecule has 1 aromatic carbocycles. The van der Waals surface area contributed by atoms with Gasteiger partial charge in [0.25, 0.3) is 0 Å². The Labute approximate surface area is 123 Å². The minimum atomic E-state index is -4.41. The second-order valence-corrected chi connectivity index (χ2v) is 5.90. The predicted molar refractivity (Wildman–Crippen MR) is 79.3 cm³/mol. The van der Waals surface area contributed by atoms with E-state index >= 15 is 0 Å². The van der Waals surface area contributed by atoms with Crippen LogP contribution in [0.1, 0.15) is 18.4 Å². The Kier molecular flexibility index (Phi) is 4.66. The molecule has 6 heteroatoms. The second-order valence-electron chi connectivity index (χ2n) is 5.90. The zero-order chi connectivity index (χ0) is 15.6. The molecule has 118 valence electrons. The molecule has 0 atom stereocenters. The summed E-state index contributed by atoms with van der Waals surface area (Å²) in [7, 11) is 3.93. The van der Waals surface area contributed by atoms with E-state index in [9.17, 15) is 13.2 Å². The fourth-order valence-corrected chi connectivity index (χ4v) is 2.76. The number of nitrogens with zero attached hydrogens (tertiary/aromatic N) is 2. The molecule has 0 aliphatic carbocycles. The molecule has 1 saturated heterocycles. The molecule has 0 unspecified atom stereocenters. The van der Waals surface area contributed by atoms with Crippen LogP contribution in [0.25, 0.3) is 0 Å². The van der Waals surface area contributed by atoms with Crippen LogP contribution in [0.15, 0.2) is 18.2 Å². The SMILES string of the molecule is CN1CCC(CN(C)c2ccc(N)c(C(F)(F)F)c2)CC1. The molecule has 0 spiro atoms. The monoisotopic (exact) mass is 301 g/mol. The number of anilines is 2. The van der Waals surface area contributed by atoms with E-state index in [1.165, 1.54) is 6.07 Å². The number of hydrogen-bond acceptors (Lipinski definition) is 3. The van der Waals surface area contributed by atoms with E-state index < -0.39 is 11.7 Å². The number of nitrogens with two attached hydrogens (primary N) is 1. The topological polar surface area (TPSA) is 32.5 Å². The maximum Gasteiger partial charge on any atom is 0.418 e. The molecule has 0 radical (unpaired) electrons. The lowest BCUT2D eigenvalue weighted by Crippen LogP contribution is -2.35. The van der Waals surface area contributed by atoms with Crippen molar-refractivity contribution in [3.63, 3.8) is 0 Å². The fraction of sp³-hybridized carbons (Fsp3) is 0.600. The molecule has 0 aromatic heterocycles. The lowest BCUT2D eigenvalue weighted by molar-refractivity contribution is -0.136. The van der Waals surface area contributed by atoms with Crippen molar-refractivity contribution < 1.29 is 13.2 Å². The third-order valence-electron chi connectivity index (χ3n) is 4.15. The number of piperidine rings is 1. The van der Waals surface area contributed by atoms with Crippen LogP contribution in [0, 0.1) is 5.92 Å². The highest BCUT2D eigenvalue weighted by atomic mass is 19.4. The maximum absolute atomic E-state index is 12.9. The van der Waals surface area contributed by atoms with Gasteiger partial charge < -0.3 is 15.5 Å². The van der Waals surface area contributed by atoms with E-state index in [1.54, 1.807) is 6.07 Å². The van der Waals surface area contributed by atoms with Gasteiger partial charge >= 0.3 is 6.18 Å². The third kappa shape index (κ3) is 4.03. The summed E-state index contributed by atoms with van der Waals surface area (Å²) in [6.45, 7) is 2.87. The van der Waals surface area contributed by atoms with Gasteiger partial charge in [-0.3, -0.25) is 0 Å². The smallest absolute Gasteiger partial charge is 0.398 e. The van der Waals surface area contributed by atoms with Crippen LogP contribution in [0.2, 0.25) is 0 Å². The van der Waals surface area contributed by atoms with Gasteiger partial charge in [0.15, 0.2) is 0 Å². The minimum absolute atomic E-state index is 0.223. The van der Waals surface area contributed by atoms with Crippen LogP contribution in [0.4, 0.5) is 24.5 Å². The molecular formula is C15H22F3N3. The van der Waals surface area contributed by atoms with Crippen LogP contribution < -0.4 is 10.6 Å². The molecule has 1 heterocycles. The van der Waals surface area contributed by atoms with Crippen molar-refractivity contribution in [1.82, 2.24) is 4.90 Å². The first-order valence-electron chi connectivity index (χ1n) is 7.14. The largest absolute Gasteiger partial charge is 0.418 e. The highest BCUT2D eigenvalue weighted by Crippen LogP contribution is 2.36. The van der Waals surface area contributed by atoms with Gasteiger partial charge in [-0.2, -0.15) is 13.2 Å². The summed E-state index contributed by atoms with van der Waals surface area (Å²) in [6, 6.07) is 4.13. The zero-order valence-corrected chi connectivity index (χ0v) is 12.5. The van der Waals surface area contributed by atoms with Gasteiger partial charge in [-0.1, -0.05) is 0 Å². The Morgan fingerprint density at radius 1 is 1.29 bits per heavy atom. The van der Waals surface area contributed by atoms with E-state index in [1.807, 2.05) is 11.9 Å². The predicted octanol–water partition coefficient (Wildman–Crippen LogP) is 3.07. The summed E-state index contributed by atoms with van der Waals surface area (Å²) in [5.41, 5.74) is 5.02. The van der Waals surface area contributed by atoms with Crippen molar-refractivity contribution >= 4 is 11.4 Å². The van der Waals surface area contributed by atoms with Crippen molar-refractivity contribution in [3.8, 4) is 0 Å². The number of hydrogen-bond donors (Lipinski definition) is 1. The molecule has 1 aromatic rings. The Balaban J connectivity index is 2.07. The Hall–Kier alpha value is -1.43. The number of halogens is 3. The highest BCUT2D eigenvalue weighted by molar-refractivity contribution is 5.59. The summed E-state index contributed by atoms with van der Waals surface area (Å²) in [5, 5.41) is 0. The Bertz CT molecular complexity index is 480. The van der Waals surface area contributed by atoms with E-state index in [0.717, 1.165) is 38.5 Å². The van der Waals surface area contributed by atoms with Crippen molar-refractivity contribution in [2.75, 3.05) is 44.4 Å². The van der Waals surface area contributed by atoms with Crippen LogP contribution >= 0.6 is 0 Å². The highest BCUT2D eigenvalue weighted by Gasteiger charge is 2.33. The van der Waals surface area contributed by atoms with Crippen molar-refractivity contribution in [2.24, 2.45) is 5.92 Å². The van der Waals surface area contributed by atoms with Crippen LogP contribution in [-0.2, 0) is 6.18 Å². The van der Waals surface area contributed by atoms with Gasteiger partial charge in [0, 0.05) is 25.0 Å². The number of likely N-dealkylation sites (tertiary alicyclic amines) is 1. The van der Waals surface area contributed by atoms with Crippen molar-refractivity contribution in [2.45, 2.75) is 19.0 Å². The first-order chi connectivity index (χ1) is 9.77. The average molecular weight is 301 g/mol. The van der Waals surface area contributed by atoms with Crippen molar-refractivity contribution in [3.05, 3.63) is 23.8 Å². The molecule has 0 amide bonds. The van der Waals surface area contributed by atoms with E-state index in [2.05, 4.69) is 11.9 Å². The number of nitrogen functional groups attached to an aromatic ring is 1. The van der Waals surface area contributed by atoms with E-state index in [0.29, 0.717) is 11.6 Å². The molecule has 1 fully saturated rings. The van der Waals surface area contributed by atoms with Gasteiger partial charge in [0.1, 0.15) is 0 Å². The van der Waals surface area contributed by atoms with Gasteiger partial charge in [0.05, 0.1) is 5.56 Å². The average Bonchev–Trinajstić information content (AvgIpc) is 2.40. The maximum atomic E-state index is 12.9.